The first-order valence-electron chi connectivity index (χ1n) is 5.77. The van der Waals surface area contributed by atoms with Crippen LogP contribution in [-0.2, 0) is 9.53 Å². The second kappa shape index (κ2) is 8.82. The van der Waals surface area contributed by atoms with Crippen molar-refractivity contribution in [2.75, 3.05) is 18.1 Å². The van der Waals surface area contributed by atoms with Crippen molar-refractivity contribution in [3.63, 3.8) is 0 Å². The highest BCUT2D eigenvalue weighted by atomic mass is 32.1. The fraction of sp³-hybridized carbons (Fsp3) is 0.167. The summed E-state index contributed by atoms with van der Waals surface area (Å²) in [6, 6.07) is 0. The Labute approximate surface area is 129 Å². The Morgan fingerprint density at radius 2 is 1.81 bits per heavy atom. The highest BCUT2D eigenvalue weighted by Gasteiger charge is 1.96. The second-order valence-corrected chi connectivity index (χ2v) is 5.59. The van der Waals surface area contributed by atoms with Crippen molar-refractivity contribution in [2.24, 2.45) is 0 Å². The Morgan fingerprint density at radius 3 is 2.19 bits per heavy atom. The van der Waals surface area contributed by atoms with E-state index >= 15 is 0 Å². The van der Waals surface area contributed by atoms with Crippen LogP contribution in [0.15, 0.2) is 18.5 Å². The van der Waals surface area contributed by atoms with Crippen molar-refractivity contribution in [3.05, 3.63) is 28.2 Å². The van der Waals surface area contributed by atoms with Crippen molar-refractivity contribution in [3.8, 4) is 0 Å². The van der Waals surface area contributed by atoms with E-state index in [4.69, 9.17) is 16.2 Å². The average Bonchev–Trinajstić information content (AvgIpc) is 3.06. The molecule has 2 heterocycles. The summed E-state index contributed by atoms with van der Waals surface area (Å²) in [5.74, 6) is -0.352. The van der Waals surface area contributed by atoms with Gasteiger partial charge in [-0.25, -0.2) is 14.8 Å². The number of ether oxygens (including phenoxy) is 1. The maximum atomic E-state index is 10.9. The number of carbonyl (C=O) groups excluding carboxylic acids is 2. The monoisotopic (exact) mass is 326 g/mol. The summed E-state index contributed by atoms with van der Waals surface area (Å²) in [4.78, 5) is 29.7. The largest absolute Gasteiger partial charge is 0.463 e. The molecule has 9 heteroatoms. The van der Waals surface area contributed by atoms with Gasteiger partial charge < -0.3 is 16.2 Å². The topological polar surface area (TPSA) is 121 Å². The van der Waals surface area contributed by atoms with E-state index in [1.165, 1.54) is 34.9 Å². The maximum absolute atomic E-state index is 10.9. The number of esters is 1. The molecule has 2 aromatic rings. The molecule has 7 nitrogen and oxygen atoms in total. The SMILES string of the molecule is CCOC(=O)/C=C/c1cnc(N)s1.Nc1ncc(C=O)s1. The second-order valence-electron chi connectivity index (χ2n) is 3.40. The van der Waals surface area contributed by atoms with Gasteiger partial charge in [-0.05, 0) is 13.0 Å². The van der Waals surface area contributed by atoms with E-state index in [1.54, 1.807) is 19.2 Å². The minimum Gasteiger partial charge on any atom is -0.463 e. The Bertz CT molecular complexity index is 622. The van der Waals surface area contributed by atoms with Crippen molar-refractivity contribution in [1.82, 2.24) is 9.97 Å². The lowest BCUT2D eigenvalue weighted by atomic mass is 10.4. The molecule has 0 atom stereocenters. The van der Waals surface area contributed by atoms with Crippen LogP contribution >= 0.6 is 22.7 Å². The van der Waals surface area contributed by atoms with Gasteiger partial charge in [0.05, 0.1) is 17.7 Å². The minimum absolute atomic E-state index is 0.352. The molecular formula is C12H14N4O3S2. The van der Waals surface area contributed by atoms with Crippen molar-refractivity contribution < 1.29 is 14.3 Å². The fourth-order valence-electron chi connectivity index (χ4n) is 1.07. The van der Waals surface area contributed by atoms with E-state index in [0.29, 0.717) is 21.7 Å². The molecule has 2 rings (SSSR count). The van der Waals surface area contributed by atoms with Gasteiger partial charge in [0.2, 0.25) is 0 Å². The number of hydrogen-bond donors (Lipinski definition) is 2. The number of nitrogens with zero attached hydrogens (tertiary/aromatic N) is 2. The van der Waals surface area contributed by atoms with Crippen LogP contribution in [0.4, 0.5) is 10.3 Å². The molecule has 21 heavy (non-hydrogen) atoms. The maximum Gasteiger partial charge on any atom is 0.330 e. The summed E-state index contributed by atoms with van der Waals surface area (Å²) < 4.78 is 4.70. The lowest BCUT2D eigenvalue weighted by Gasteiger charge is -1.92. The first-order valence-corrected chi connectivity index (χ1v) is 7.41. The van der Waals surface area contributed by atoms with Crippen LogP contribution in [0.1, 0.15) is 21.5 Å². The van der Waals surface area contributed by atoms with Gasteiger partial charge in [0, 0.05) is 17.2 Å². The molecule has 112 valence electrons. The molecule has 0 aromatic carbocycles. The van der Waals surface area contributed by atoms with Crippen LogP contribution in [0, 0.1) is 0 Å². The average molecular weight is 326 g/mol. The smallest absolute Gasteiger partial charge is 0.330 e. The quantitative estimate of drug-likeness (QED) is 0.499. The van der Waals surface area contributed by atoms with E-state index in [9.17, 15) is 9.59 Å². The Hall–Kier alpha value is -2.26. The number of nitrogen functional groups attached to an aromatic ring is 2. The van der Waals surface area contributed by atoms with E-state index in [-0.39, 0.29) is 5.97 Å². The van der Waals surface area contributed by atoms with Crippen LogP contribution in [0.3, 0.4) is 0 Å². The van der Waals surface area contributed by atoms with Gasteiger partial charge in [0.15, 0.2) is 16.5 Å². The summed E-state index contributed by atoms with van der Waals surface area (Å²) in [5, 5.41) is 0.926. The third-order valence-corrected chi connectivity index (χ3v) is 3.41. The predicted octanol–water partition coefficient (Wildman–Crippen LogP) is 1.84. The molecular weight excluding hydrogens is 312 g/mol. The summed E-state index contributed by atoms with van der Waals surface area (Å²) in [6.45, 7) is 2.14. The van der Waals surface area contributed by atoms with Gasteiger partial charge in [0.1, 0.15) is 0 Å². The number of carbonyl (C=O) groups is 2. The fourth-order valence-corrected chi connectivity index (χ4v) is 2.16. The van der Waals surface area contributed by atoms with Gasteiger partial charge >= 0.3 is 5.97 Å². The summed E-state index contributed by atoms with van der Waals surface area (Å²) in [5.41, 5.74) is 10.6. The number of aromatic nitrogens is 2. The zero-order chi connectivity index (χ0) is 15.7. The summed E-state index contributed by atoms with van der Waals surface area (Å²) >= 11 is 2.51. The van der Waals surface area contributed by atoms with Crippen LogP contribution < -0.4 is 11.5 Å². The number of thiazole rings is 2. The lowest BCUT2D eigenvalue weighted by Crippen LogP contribution is -1.98. The van der Waals surface area contributed by atoms with Gasteiger partial charge in [-0.15, -0.1) is 0 Å². The lowest BCUT2D eigenvalue weighted by molar-refractivity contribution is -0.137. The zero-order valence-corrected chi connectivity index (χ0v) is 12.8. The highest BCUT2D eigenvalue weighted by molar-refractivity contribution is 7.17. The standard InChI is InChI=1S/C8H10N2O2S.C4H4N2OS/c1-2-12-7(11)4-3-6-5-10-8(9)13-6;5-4-6-1-3(2-7)8-4/h3-5H,2H2,1H3,(H2,9,10);1-2H,(H2,5,6)/b4-3+;. The van der Waals surface area contributed by atoms with E-state index in [2.05, 4.69) is 9.97 Å². The third-order valence-electron chi connectivity index (χ3n) is 1.87. The number of rotatable bonds is 4. The Balaban J connectivity index is 0.000000235. The molecule has 0 unspecified atom stereocenters. The van der Waals surface area contributed by atoms with E-state index in [0.717, 1.165) is 11.2 Å². The Kier molecular flexibility index (Phi) is 7.05. The number of aldehydes is 1. The molecule has 0 saturated heterocycles. The molecule has 0 amide bonds. The van der Waals surface area contributed by atoms with E-state index in [1.807, 2.05) is 0 Å². The van der Waals surface area contributed by atoms with Crippen LogP contribution in [0.25, 0.3) is 6.08 Å². The van der Waals surface area contributed by atoms with Crippen LogP contribution in [-0.4, -0.2) is 28.8 Å². The third kappa shape index (κ3) is 6.63. The van der Waals surface area contributed by atoms with Gasteiger partial charge in [-0.3, -0.25) is 4.79 Å². The molecule has 0 aliphatic carbocycles. The summed E-state index contributed by atoms with van der Waals surface area (Å²) in [6.07, 6.45) is 6.78. The molecule has 0 radical (unpaired) electrons. The molecule has 0 aliphatic rings. The van der Waals surface area contributed by atoms with Crippen molar-refractivity contribution in [1.29, 1.82) is 0 Å². The number of anilines is 2. The molecule has 0 fully saturated rings. The molecule has 0 saturated carbocycles. The van der Waals surface area contributed by atoms with Gasteiger partial charge in [-0.1, -0.05) is 22.7 Å². The summed E-state index contributed by atoms with van der Waals surface area (Å²) in [7, 11) is 0. The molecule has 2 aromatic heterocycles. The Morgan fingerprint density at radius 1 is 1.24 bits per heavy atom. The minimum atomic E-state index is -0.352. The molecule has 0 aliphatic heterocycles. The molecule has 0 spiro atoms. The van der Waals surface area contributed by atoms with Crippen LogP contribution in [0.2, 0.25) is 0 Å². The van der Waals surface area contributed by atoms with Gasteiger partial charge in [0.25, 0.3) is 0 Å². The van der Waals surface area contributed by atoms with E-state index < -0.39 is 0 Å². The number of nitrogens with two attached hydrogens (primary N) is 2. The first kappa shape index (κ1) is 16.8. The molecule has 4 N–H and O–H groups in total. The predicted molar refractivity (Wildman–Crippen MR) is 84.1 cm³/mol. The zero-order valence-electron chi connectivity index (χ0n) is 11.2. The van der Waals surface area contributed by atoms with Crippen molar-refractivity contribution in [2.45, 2.75) is 6.92 Å². The number of hydrogen-bond acceptors (Lipinski definition) is 9. The first-order chi connectivity index (χ1) is 10.0. The van der Waals surface area contributed by atoms with Crippen molar-refractivity contribution >= 4 is 51.3 Å². The molecule has 0 bridgehead atoms. The van der Waals surface area contributed by atoms with Crippen LogP contribution in [0.5, 0.6) is 0 Å². The highest BCUT2D eigenvalue weighted by Crippen LogP contribution is 2.15. The normalized spacial score (nSPS) is 9.95. The van der Waals surface area contributed by atoms with Gasteiger partial charge in [-0.2, -0.15) is 0 Å².